The number of amides is 2. The third-order valence-electron chi connectivity index (χ3n) is 7.89. The molecule has 3 aromatic rings. The van der Waals surface area contributed by atoms with E-state index < -0.39 is 18.3 Å². The lowest BCUT2D eigenvalue weighted by atomic mass is 9.77. The van der Waals surface area contributed by atoms with Crippen LogP contribution in [-0.4, -0.2) is 35.1 Å². The summed E-state index contributed by atoms with van der Waals surface area (Å²) in [5, 5.41) is 6.92. The Labute approximate surface area is 245 Å². The zero-order valence-corrected chi connectivity index (χ0v) is 24.6. The molecule has 40 heavy (non-hydrogen) atoms. The Morgan fingerprint density at radius 2 is 1.40 bits per heavy atom. The predicted octanol–water partition coefficient (Wildman–Crippen LogP) is 5.73. The highest BCUT2D eigenvalue weighted by molar-refractivity contribution is 6.65. The number of carbonyl (C=O) groups excluding carboxylic acids is 2. The maximum atomic E-state index is 11.4. The minimum Gasteiger partial charge on any atom is -0.399 e. The standard InChI is InChI=1S/C15H19BClNO3.C15H13ClN2O/c1-14(2)15(3,4)21-16(20-14)10-7-9-5-6-13(19)18-12(9)8-11(10)17;16-13-9-14-10(4-5-15(19)18-14)7-11(13)8-12-3-1-2-6-17-12/h7-8H,5-6H2,1-4H3,(H,18,19);1-3,6-7,9H,4-5,8H2,(H,18,19). The van der Waals surface area contributed by atoms with Crippen LogP contribution in [0.1, 0.15) is 62.9 Å². The molecule has 0 unspecified atom stereocenters. The monoisotopic (exact) mass is 579 g/mol. The number of carbonyl (C=O) groups is 2. The van der Waals surface area contributed by atoms with Crippen molar-refractivity contribution < 1.29 is 18.9 Å². The number of anilines is 2. The number of nitrogens with zero attached hydrogens (tertiary/aromatic N) is 1. The van der Waals surface area contributed by atoms with Crippen LogP contribution in [0.4, 0.5) is 11.4 Å². The van der Waals surface area contributed by atoms with Crippen LogP contribution in [0.15, 0.2) is 48.7 Å². The number of hydrogen-bond acceptors (Lipinski definition) is 5. The van der Waals surface area contributed by atoms with E-state index in [-0.39, 0.29) is 11.8 Å². The van der Waals surface area contributed by atoms with E-state index in [1.54, 1.807) is 12.3 Å². The third kappa shape index (κ3) is 6.05. The van der Waals surface area contributed by atoms with E-state index in [1.165, 1.54) is 0 Å². The van der Waals surface area contributed by atoms with Crippen LogP contribution in [0.25, 0.3) is 0 Å². The van der Waals surface area contributed by atoms with Gasteiger partial charge < -0.3 is 19.9 Å². The first-order valence-electron chi connectivity index (χ1n) is 13.4. The molecule has 0 aliphatic carbocycles. The first kappa shape index (κ1) is 28.6. The maximum absolute atomic E-state index is 11.4. The van der Waals surface area contributed by atoms with Gasteiger partial charge in [0.05, 0.1) is 11.2 Å². The molecule has 4 heterocycles. The van der Waals surface area contributed by atoms with Gasteiger partial charge in [-0.25, -0.2) is 0 Å². The molecule has 1 saturated heterocycles. The van der Waals surface area contributed by atoms with Crippen LogP contribution in [0.3, 0.4) is 0 Å². The number of rotatable bonds is 3. The molecule has 6 rings (SSSR count). The summed E-state index contributed by atoms with van der Waals surface area (Å²) in [6, 6.07) is 13.5. The van der Waals surface area contributed by atoms with Crippen molar-refractivity contribution in [1.29, 1.82) is 0 Å². The van der Waals surface area contributed by atoms with Crippen molar-refractivity contribution >= 4 is 59.0 Å². The number of pyridine rings is 1. The van der Waals surface area contributed by atoms with Crippen molar-refractivity contribution in [3.63, 3.8) is 0 Å². The van der Waals surface area contributed by atoms with Crippen molar-refractivity contribution in [2.75, 3.05) is 10.6 Å². The van der Waals surface area contributed by atoms with Crippen LogP contribution in [-0.2, 0) is 38.2 Å². The topological polar surface area (TPSA) is 89.5 Å². The second kappa shape index (κ2) is 11.2. The lowest BCUT2D eigenvalue weighted by Gasteiger charge is -2.32. The van der Waals surface area contributed by atoms with Crippen molar-refractivity contribution in [1.82, 2.24) is 4.98 Å². The summed E-state index contributed by atoms with van der Waals surface area (Å²) in [4.78, 5) is 27.1. The van der Waals surface area contributed by atoms with E-state index in [1.807, 2.05) is 58.0 Å². The van der Waals surface area contributed by atoms with E-state index in [0.717, 1.165) is 45.6 Å². The summed E-state index contributed by atoms with van der Waals surface area (Å²) in [5.74, 6) is 0.0861. The highest BCUT2D eigenvalue weighted by Crippen LogP contribution is 2.38. The zero-order chi connectivity index (χ0) is 28.7. The Morgan fingerprint density at radius 3 is 1.98 bits per heavy atom. The van der Waals surface area contributed by atoms with E-state index >= 15 is 0 Å². The SMILES string of the molecule is CC1(C)OB(c2cc3c(cc2Cl)NC(=O)CC3)OC1(C)C.O=C1CCc2cc(Cc3ccccn3)c(Cl)cc2N1. The molecular weight excluding hydrogens is 548 g/mol. The van der Waals surface area contributed by atoms with Crippen LogP contribution in [0.5, 0.6) is 0 Å². The molecule has 7 nitrogen and oxygen atoms in total. The van der Waals surface area contributed by atoms with Gasteiger partial charge in [0.25, 0.3) is 0 Å². The Hall–Kier alpha value is -2.91. The van der Waals surface area contributed by atoms with E-state index in [2.05, 4.69) is 21.7 Å². The van der Waals surface area contributed by atoms with Crippen molar-refractivity contribution in [3.8, 4) is 0 Å². The highest BCUT2D eigenvalue weighted by atomic mass is 35.5. The van der Waals surface area contributed by atoms with Gasteiger partial charge in [0.2, 0.25) is 11.8 Å². The first-order valence-corrected chi connectivity index (χ1v) is 14.2. The molecule has 3 aliphatic rings. The van der Waals surface area contributed by atoms with Crippen LogP contribution >= 0.6 is 23.2 Å². The second-order valence-corrected chi connectivity index (χ2v) is 12.1. The van der Waals surface area contributed by atoms with Gasteiger partial charge in [0.15, 0.2) is 0 Å². The van der Waals surface area contributed by atoms with Gasteiger partial charge in [-0.1, -0.05) is 41.4 Å². The van der Waals surface area contributed by atoms with Gasteiger partial charge in [0, 0.05) is 58.0 Å². The number of hydrogen-bond donors (Lipinski definition) is 2. The fourth-order valence-corrected chi connectivity index (χ4v) is 5.34. The molecule has 208 valence electrons. The molecule has 3 aliphatic heterocycles. The van der Waals surface area contributed by atoms with Gasteiger partial charge in [-0.3, -0.25) is 14.6 Å². The summed E-state index contributed by atoms with van der Waals surface area (Å²) in [6.45, 7) is 8.05. The number of fused-ring (bicyclic) bond motifs is 2. The largest absolute Gasteiger partial charge is 0.496 e. The first-order chi connectivity index (χ1) is 18.9. The predicted molar refractivity (Wildman–Crippen MR) is 160 cm³/mol. The van der Waals surface area contributed by atoms with Crippen LogP contribution < -0.4 is 16.1 Å². The Morgan fingerprint density at radius 1 is 0.825 bits per heavy atom. The smallest absolute Gasteiger partial charge is 0.399 e. The molecule has 0 spiro atoms. The molecule has 2 aromatic carbocycles. The van der Waals surface area contributed by atoms with E-state index in [9.17, 15) is 9.59 Å². The second-order valence-electron chi connectivity index (χ2n) is 11.3. The summed E-state index contributed by atoms with van der Waals surface area (Å²) in [6.07, 6.45) is 5.01. The van der Waals surface area contributed by atoms with E-state index in [4.69, 9.17) is 32.5 Å². The number of aromatic nitrogens is 1. The Balaban J connectivity index is 0.000000162. The third-order valence-corrected chi connectivity index (χ3v) is 8.57. The number of nitrogens with one attached hydrogen (secondary N) is 2. The number of benzene rings is 2. The van der Waals surface area contributed by atoms with Crippen molar-refractivity contribution in [2.24, 2.45) is 0 Å². The van der Waals surface area contributed by atoms with Gasteiger partial charge >= 0.3 is 7.12 Å². The molecule has 0 radical (unpaired) electrons. The highest BCUT2D eigenvalue weighted by Gasteiger charge is 2.52. The van der Waals surface area contributed by atoms with Gasteiger partial charge in [-0.05, 0) is 81.5 Å². The summed E-state index contributed by atoms with van der Waals surface area (Å²) in [5.41, 5.74) is 5.92. The molecule has 2 N–H and O–H groups in total. The number of aryl methyl sites for hydroxylation is 2. The summed E-state index contributed by atoms with van der Waals surface area (Å²) >= 11 is 12.6. The molecule has 0 atom stereocenters. The minimum atomic E-state index is -0.481. The molecule has 2 amide bonds. The fourth-order valence-electron chi connectivity index (χ4n) is 4.86. The van der Waals surface area contributed by atoms with Crippen molar-refractivity contribution in [3.05, 3.63) is 81.1 Å². The quantitative estimate of drug-likeness (QED) is 0.387. The van der Waals surface area contributed by atoms with Gasteiger partial charge in [-0.2, -0.15) is 0 Å². The van der Waals surface area contributed by atoms with Crippen LogP contribution in [0.2, 0.25) is 10.0 Å². The van der Waals surface area contributed by atoms with Gasteiger partial charge in [-0.15, -0.1) is 0 Å². The van der Waals surface area contributed by atoms with E-state index in [0.29, 0.717) is 35.7 Å². The Kier molecular flexibility index (Phi) is 7.99. The lowest BCUT2D eigenvalue weighted by molar-refractivity contribution is -0.117. The average molecular weight is 580 g/mol. The van der Waals surface area contributed by atoms with Crippen molar-refractivity contribution in [2.45, 2.75) is 71.0 Å². The summed E-state index contributed by atoms with van der Waals surface area (Å²) < 4.78 is 12.1. The minimum absolute atomic E-state index is 0.0296. The lowest BCUT2D eigenvalue weighted by Crippen LogP contribution is -2.41. The molecule has 10 heteroatoms. The Bertz CT molecular complexity index is 1450. The number of halogens is 2. The molecular formula is C30H32BCl2N3O4. The normalized spacial score (nSPS) is 18.6. The zero-order valence-electron chi connectivity index (χ0n) is 23.1. The molecule has 1 fully saturated rings. The maximum Gasteiger partial charge on any atom is 0.496 e. The average Bonchev–Trinajstić information content (AvgIpc) is 3.11. The molecule has 0 saturated carbocycles. The fraction of sp³-hybridized carbons (Fsp3) is 0.367. The van der Waals surface area contributed by atoms with Crippen LogP contribution in [0, 0.1) is 0 Å². The molecule has 0 bridgehead atoms. The molecule has 1 aromatic heterocycles. The van der Waals surface area contributed by atoms with Gasteiger partial charge in [0.1, 0.15) is 0 Å². The summed E-state index contributed by atoms with van der Waals surface area (Å²) in [7, 11) is -0.481.